The molecule has 0 bridgehead atoms. The number of halogens is 4. The van der Waals surface area contributed by atoms with E-state index in [9.17, 15) is 13.2 Å². The molecule has 0 saturated heterocycles. The van der Waals surface area contributed by atoms with Gasteiger partial charge in [0.1, 0.15) is 5.01 Å². The Balaban J connectivity index is 0.00000300. The molecule has 5 nitrogen and oxygen atoms in total. The van der Waals surface area contributed by atoms with E-state index in [1.54, 1.807) is 0 Å². The van der Waals surface area contributed by atoms with Crippen LogP contribution in [-0.2, 0) is 19.3 Å². The number of benzene rings is 1. The summed E-state index contributed by atoms with van der Waals surface area (Å²) in [6, 6.07) is 8.23. The molecule has 0 spiro atoms. The average molecular weight is 537 g/mol. The van der Waals surface area contributed by atoms with Gasteiger partial charge < -0.3 is 15.5 Å². The van der Waals surface area contributed by atoms with Gasteiger partial charge in [0, 0.05) is 30.7 Å². The second kappa shape index (κ2) is 10.8. The molecule has 0 saturated carbocycles. The molecule has 2 N–H and O–H groups in total. The molecule has 0 atom stereocenters. The van der Waals surface area contributed by atoms with Gasteiger partial charge >= 0.3 is 6.18 Å². The molecule has 29 heavy (non-hydrogen) atoms. The maximum atomic E-state index is 12.6. The standard InChI is InChI=1S/C19H22F3N5S.HI/c1-2-23-18(25-12-17-26-16(13-28-17)19(20,21)22)24-11-14-5-7-15(8-6-14)27-9-3-4-10-27;/h3-8,13H,2,9-12H2,1H3,(H2,23,24,25);1H. The molecule has 1 aliphatic heterocycles. The van der Waals surface area contributed by atoms with E-state index in [0.717, 1.165) is 35.4 Å². The predicted molar refractivity (Wildman–Crippen MR) is 122 cm³/mol. The fourth-order valence-electron chi connectivity index (χ4n) is 2.69. The minimum Gasteiger partial charge on any atom is -0.364 e. The number of hydrogen-bond donors (Lipinski definition) is 2. The molecule has 2 heterocycles. The highest BCUT2D eigenvalue weighted by Crippen LogP contribution is 2.29. The molecular formula is C19H23F3IN5S. The van der Waals surface area contributed by atoms with Crippen LogP contribution in [0.3, 0.4) is 0 Å². The normalized spacial score (nSPS) is 14.1. The molecule has 0 radical (unpaired) electrons. The van der Waals surface area contributed by atoms with Gasteiger partial charge in [0.05, 0.1) is 13.1 Å². The largest absolute Gasteiger partial charge is 0.434 e. The topological polar surface area (TPSA) is 52.6 Å². The van der Waals surface area contributed by atoms with Crippen molar-refractivity contribution in [2.24, 2.45) is 4.99 Å². The molecule has 0 amide bonds. The lowest BCUT2D eigenvalue weighted by Gasteiger charge is -2.17. The molecule has 1 aliphatic rings. The summed E-state index contributed by atoms with van der Waals surface area (Å²) in [5.41, 5.74) is 1.37. The van der Waals surface area contributed by atoms with Crippen molar-refractivity contribution in [1.82, 2.24) is 15.6 Å². The number of nitrogens with zero attached hydrogens (tertiary/aromatic N) is 3. The number of guanidine groups is 1. The van der Waals surface area contributed by atoms with Gasteiger partial charge in [-0.1, -0.05) is 24.3 Å². The number of alkyl halides is 3. The average Bonchev–Trinajstić information content (AvgIpc) is 3.36. The number of anilines is 1. The van der Waals surface area contributed by atoms with Crippen molar-refractivity contribution >= 4 is 47.0 Å². The van der Waals surface area contributed by atoms with Crippen LogP contribution in [0.1, 0.15) is 23.2 Å². The van der Waals surface area contributed by atoms with E-state index in [4.69, 9.17) is 0 Å². The third kappa shape index (κ3) is 6.88. The van der Waals surface area contributed by atoms with E-state index in [0.29, 0.717) is 24.1 Å². The number of aliphatic imine (C=N–C) groups is 1. The highest BCUT2D eigenvalue weighted by molar-refractivity contribution is 14.0. The van der Waals surface area contributed by atoms with Crippen molar-refractivity contribution in [2.75, 3.05) is 24.5 Å². The van der Waals surface area contributed by atoms with E-state index >= 15 is 0 Å². The Kier molecular flexibility index (Phi) is 8.75. The Labute approximate surface area is 189 Å². The van der Waals surface area contributed by atoms with Gasteiger partial charge in [-0.3, -0.25) is 0 Å². The lowest BCUT2D eigenvalue weighted by atomic mass is 10.2. The molecule has 158 valence electrons. The zero-order valence-electron chi connectivity index (χ0n) is 15.9. The van der Waals surface area contributed by atoms with Crippen LogP contribution in [0.15, 0.2) is 46.8 Å². The highest BCUT2D eigenvalue weighted by Gasteiger charge is 2.33. The van der Waals surface area contributed by atoms with Gasteiger partial charge in [-0.25, -0.2) is 9.98 Å². The smallest absolute Gasteiger partial charge is 0.364 e. The summed E-state index contributed by atoms with van der Waals surface area (Å²) in [5.74, 6) is 0.541. The van der Waals surface area contributed by atoms with Crippen LogP contribution < -0.4 is 15.5 Å². The zero-order valence-corrected chi connectivity index (χ0v) is 19.0. The second-order valence-electron chi connectivity index (χ2n) is 6.22. The quantitative estimate of drug-likeness (QED) is 0.248. The van der Waals surface area contributed by atoms with E-state index in [1.807, 2.05) is 19.1 Å². The van der Waals surface area contributed by atoms with E-state index < -0.39 is 11.9 Å². The molecule has 1 aromatic carbocycles. The first-order valence-corrected chi connectivity index (χ1v) is 9.86. The van der Waals surface area contributed by atoms with Crippen molar-refractivity contribution in [1.29, 1.82) is 0 Å². The first-order chi connectivity index (χ1) is 13.5. The third-order valence-electron chi connectivity index (χ3n) is 4.13. The maximum absolute atomic E-state index is 12.6. The van der Waals surface area contributed by atoms with Crippen molar-refractivity contribution < 1.29 is 13.2 Å². The zero-order chi connectivity index (χ0) is 20.0. The van der Waals surface area contributed by atoms with Gasteiger partial charge in [0.2, 0.25) is 0 Å². The molecule has 3 rings (SSSR count). The van der Waals surface area contributed by atoms with Gasteiger partial charge in [-0.05, 0) is 24.6 Å². The predicted octanol–water partition coefficient (Wildman–Crippen LogP) is 4.41. The fourth-order valence-corrected chi connectivity index (χ4v) is 3.44. The Hall–Kier alpha value is -1.82. The van der Waals surface area contributed by atoms with Gasteiger partial charge in [0.25, 0.3) is 0 Å². The Bertz CT molecular complexity index is 825. The molecule has 10 heteroatoms. The Morgan fingerprint density at radius 3 is 2.45 bits per heavy atom. The lowest BCUT2D eigenvalue weighted by molar-refractivity contribution is -0.140. The van der Waals surface area contributed by atoms with Crippen molar-refractivity contribution in [3.63, 3.8) is 0 Å². The number of nitrogens with one attached hydrogen (secondary N) is 2. The Morgan fingerprint density at radius 2 is 1.86 bits per heavy atom. The summed E-state index contributed by atoms with van der Waals surface area (Å²) in [6.45, 7) is 5.10. The summed E-state index contributed by atoms with van der Waals surface area (Å²) in [6.07, 6.45) is -0.121. The van der Waals surface area contributed by atoms with E-state index in [1.165, 1.54) is 5.69 Å². The minimum absolute atomic E-state index is 0. The summed E-state index contributed by atoms with van der Waals surface area (Å²) in [7, 11) is 0. The summed E-state index contributed by atoms with van der Waals surface area (Å²) >= 11 is 0.978. The summed E-state index contributed by atoms with van der Waals surface area (Å²) < 4.78 is 37.9. The second-order valence-corrected chi connectivity index (χ2v) is 7.16. The van der Waals surface area contributed by atoms with Crippen LogP contribution in [0.25, 0.3) is 0 Å². The van der Waals surface area contributed by atoms with Crippen LogP contribution >= 0.6 is 35.3 Å². The molecular weight excluding hydrogens is 514 g/mol. The lowest BCUT2D eigenvalue weighted by Crippen LogP contribution is -2.36. The van der Waals surface area contributed by atoms with Gasteiger partial charge in [0.15, 0.2) is 11.7 Å². The molecule has 2 aromatic rings. The van der Waals surface area contributed by atoms with Crippen LogP contribution in [0.5, 0.6) is 0 Å². The van der Waals surface area contributed by atoms with Crippen LogP contribution in [0.2, 0.25) is 0 Å². The maximum Gasteiger partial charge on any atom is 0.434 e. The minimum atomic E-state index is -4.41. The summed E-state index contributed by atoms with van der Waals surface area (Å²) in [5, 5.41) is 7.51. The van der Waals surface area contributed by atoms with Crippen molar-refractivity contribution in [2.45, 2.75) is 26.2 Å². The number of thiazole rings is 1. The highest BCUT2D eigenvalue weighted by atomic mass is 127. The monoisotopic (exact) mass is 537 g/mol. The van der Waals surface area contributed by atoms with Crippen LogP contribution in [0, 0.1) is 0 Å². The van der Waals surface area contributed by atoms with Crippen LogP contribution in [-0.4, -0.2) is 30.6 Å². The number of aromatic nitrogens is 1. The fraction of sp³-hybridized carbons (Fsp3) is 0.368. The van der Waals surface area contributed by atoms with E-state index in [2.05, 4.69) is 49.8 Å². The molecule has 1 aromatic heterocycles. The van der Waals surface area contributed by atoms with Crippen molar-refractivity contribution in [3.05, 3.63) is 58.1 Å². The third-order valence-corrected chi connectivity index (χ3v) is 4.98. The van der Waals surface area contributed by atoms with Gasteiger partial charge in [-0.2, -0.15) is 13.2 Å². The summed E-state index contributed by atoms with van der Waals surface area (Å²) in [4.78, 5) is 10.4. The van der Waals surface area contributed by atoms with Gasteiger partial charge in [-0.15, -0.1) is 35.3 Å². The number of hydrogen-bond acceptors (Lipinski definition) is 4. The van der Waals surface area contributed by atoms with Crippen LogP contribution in [0.4, 0.5) is 18.9 Å². The first kappa shape index (κ1) is 23.5. The SMILES string of the molecule is CCNC(=NCc1ccc(N2CC=CC2)cc1)NCc1nc(C(F)(F)F)cs1.I. The Morgan fingerprint density at radius 1 is 1.17 bits per heavy atom. The molecule has 0 aliphatic carbocycles. The van der Waals surface area contributed by atoms with Crippen molar-refractivity contribution in [3.8, 4) is 0 Å². The number of rotatable bonds is 6. The molecule has 0 fully saturated rings. The first-order valence-electron chi connectivity index (χ1n) is 8.98. The van der Waals surface area contributed by atoms with E-state index in [-0.39, 0.29) is 30.5 Å². The molecule has 0 unspecified atom stereocenters.